The average molecular weight is 382 g/mol. The third-order valence-electron chi connectivity index (χ3n) is 3.79. The van der Waals surface area contributed by atoms with Crippen LogP contribution in [0, 0.1) is 0 Å². The molecule has 0 unspecified atom stereocenters. The zero-order valence-electron chi connectivity index (χ0n) is 14.5. The van der Waals surface area contributed by atoms with Gasteiger partial charge in [0.05, 0.1) is 13.4 Å². The number of nitrogen functional groups attached to an aromatic ring is 1. The van der Waals surface area contributed by atoms with Gasteiger partial charge in [0.25, 0.3) is 0 Å². The Morgan fingerprint density at radius 2 is 2.07 bits per heavy atom. The Hall–Kier alpha value is -4.22. The van der Waals surface area contributed by atoms with E-state index in [9.17, 15) is 9.90 Å². The number of nitrogens with one attached hydrogen (secondary N) is 1. The Labute approximate surface area is 157 Å². The van der Waals surface area contributed by atoms with E-state index in [1.54, 1.807) is 31.4 Å². The van der Waals surface area contributed by atoms with E-state index in [1.807, 2.05) is 0 Å². The number of hydrogen-bond donors (Lipinski definition) is 3. The molecule has 3 aromatic heterocycles. The zero-order valence-corrected chi connectivity index (χ0v) is 14.5. The highest BCUT2D eigenvalue weighted by atomic mass is 16.5. The first kappa shape index (κ1) is 17.2. The van der Waals surface area contributed by atoms with Crippen molar-refractivity contribution >= 4 is 29.0 Å². The van der Waals surface area contributed by atoms with Crippen LogP contribution in [0.1, 0.15) is 0 Å². The number of hydrogen-bond acceptors (Lipinski definition) is 10. The molecule has 4 aromatic rings. The lowest BCUT2D eigenvalue weighted by Crippen LogP contribution is -2.18. The third-order valence-corrected chi connectivity index (χ3v) is 3.79. The maximum Gasteiger partial charge on any atom is 0.322 e. The van der Waals surface area contributed by atoms with Crippen LogP contribution in [0.5, 0.6) is 11.6 Å². The van der Waals surface area contributed by atoms with Gasteiger partial charge in [-0.05, 0) is 24.3 Å². The molecular weight excluding hydrogens is 368 g/mol. The fraction of sp³-hybridized carbons (Fsp3) is 0.125. The predicted molar refractivity (Wildman–Crippen MR) is 96.3 cm³/mol. The molecule has 28 heavy (non-hydrogen) atoms. The van der Waals surface area contributed by atoms with Gasteiger partial charge in [0.2, 0.25) is 23.6 Å². The van der Waals surface area contributed by atoms with Crippen LogP contribution in [-0.2, 0) is 11.3 Å². The summed E-state index contributed by atoms with van der Waals surface area (Å²) < 4.78 is 12.0. The number of rotatable bonds is 5. The van der Waals surface area contributed by atoms with Gasteiger partial charge in [-0.15, -0.1) is 5.10 Å². The summed E-state index contributed by atoms with van der Waals surface area (Å²) in [6.45, 7) is -0.160. The third kappa shape index (κ3) is 3.25. The summed E-state index contributed by atoms with van der Waals surface area (Å²) in [6.07, 6.45) is 1.34. The van der Waals surface area contributed by atoms with Gasteiger partial charge in [-0.2, -0.15) is 9.97 Å². The van der Waals surface area contributed by atoms with Crippen molar-refractivity contribution in [2.75, 3.05) is 18.2 Å². The van der Waals surface area contributed by atoms with Gasteiger partial charge in [-0.25, -0.2) is 4.98 Å². The highest BCUT2D eigenvalue weighted by molar-refractivity contribution is 5.89. The van der Waals surface area contributed by atoms with E-state index in [0.717, 1.165) is 0 Å². The van der Waals surface area contributed by atoms with Gasteiger partial charge >= 0.3 is 6.01 Å². The van der Waals surface area contributed by atoms with Crippen LogP contribution >= 0.6 is 0 Å². The summed E-state index contributed by atoms with van der Waals surface area (Å²) in [6, 6.07) is 6.96. The van der Waals surface area contributed by atoms with Crippen LogP contribution in [-0.4, -0.2) is 47.8 Å². The van der Waals surface area contributed by atoms with Gasteiger partial charge in [0.15, 0.2) is 11.2 Å². The van der Waals surface area contributed by atoms with E-state index in [2.05, 4.69) is 30.5 Å². The molecule has 0 spiro atoms. The van der Waals surface area contributed by atoms with Crippen LogP contribution in [0.25, 0.3) is 22.6 Å². The van der Waals surface area contributed by atoms with E-state index in [1.165, 1.54) is 10.9 Å². The molecule has 4 rings (SSSR count). The smallest absolute Gasteiger partial charge is 0.322 e. The number of carbonyl (C=O) groups excluding carboxylic acids is 1. The summed E-state index contributed by atoms with van der Waals surface area (Å²) in [5, 5.41) is 19.9. The standard InChI is InChI=1S/C16H14N8O4/c1-27-9-4-2-8(3-5-9)14-22-23-16(28-14)19-10(25)6-24-7-18-11-12(24)20-15(17)21-13(11)26/h2-5,7H,6H2,1H3,(H,19,23,25)(H3,17,20,21,26). The highest BCUT2D eigenvalue weighted by Gasteiger charge is 2.16. The number of methoxy groups -OCH3 is 1. The predicted octanol–water partition coefficient (Wildman–Crippen LogP) is 0.811. The summed E-state index contributed by atoms with van der Waals surface area (Å²) in [7, 11) is 1.57. The second-order valence-electron chi connectivity index (χ2n) is 5.64. The van der Waals surface area contributed by atoms with Crippen LogP contribution in [0.3, 0.4) is 0 Å². The summed E-state index contributed by atoms with van der Waals surface area (Å²) in [5.74, 6) is -0.00639. The zero-order chi connectivity index (χ0) is 19.7. The number of fused-ring (bicyclic) bond motifs is 1. The number of imidazole rings is 1. The Morgan fingerprint density at radius 3 is 2.82 bits per heavy atom. The molecule has 0 saturated heterocycles. The SMILES string of the molecule is COc1ccc(-c2nnc(NC(=O)Cn3cnc4c(O)nc(N)nc43)o2)cc1. The van der Waals surface area contributed by atoms with E-state index in [0.29, 0.717) is 11.3 Å². The summed E-state index contributed by atoms with van der Waals surface area (Å²) in [5.41, 5.74) is 6.56. The number of amides is 1. The van der Waals surface area contributed by atoms with E-state index < -0.39 is 5.91 Å². The van der Waals surface area contributed by atoms with Crippen LogP contribution in [0.4, 0.5) is 12.0 Å². The fourth-order valence-electron chi connectivity index (χ4n) is 2.50. The molecule has 1 aromatic carbocycles. The van der Waals surface area contributed by atoms with Gasteiger partial charge in [0, 0.05) is 5.56 Å². The van der Waals surface area contributed by atoms with Crippen molar-refractivity contribution in [2.45, 2.75) is 6.54 Å². The quantitative estimate of drug-likeness (QED) is 0.449. The lowest BCUT2D eigenvalue weighted by Gasteiger charge is -2.03. The molecule has 0 saturated carbocycles. The van der Waals surface area contributed by atoms with Crippen molar-refractivity contribution in [3.05, 3.63) is 30.6 Å². The van der Waals surface area contributed by atoms with Gasteiger partial charge in [-0.3, -0.25) is 10.1 Å². The Balaban J connectivity index is 1.48. The van der Waals surface area contributed by atoms with Crippen molar-refractivity contribution in [2.24, 2.45) is 0 Å². The summed E-state index contributed by atoms with van der Waals surface area (Å²) in [4.78, 5) is 23.8. The lowest BCUT2D eigenvalue weighted by molar-refractivity contribution is -0.116. The second-order valence-corrected chi connectivity index (χ2v) is 5.64. The fourth-order valence-corrected chi connectivity index (χ4v) is 2.50. The molecule has 0 bridgehead atoms. The van der Waals surface area contributed by atoms with E-state index in [4.69, 9.17) is 14.9 Å². The number of aromatic nitrogens is 6. The van der Waals surface area contributed by atoms with Crippen molar-refractivity contribution in [1.29, 1.82) is 0 Å². The normalized spacial score (nSPS) is 10.9. The first-order valence-corrected chi connectivity index (χ1v) is 7.98. The molecule has 0 fully saturated rings. The van der Waals surface area contributed by atoms with Gasteiger partial charge in [0.1, 0.15) is 12.3 Å². The average Bonchev–Trinajstić information content (AvgIpc) is 3.29. The molecule has 0 aliphatic carbocycles. The molecule has 4 N–H and O–H groups in total. The lowest BCUT2D eigenvalue weighted by atomic mass is 10.2. The van der Waals surface area contributed by atoms with Gasteiger partial charge in [-0.1, -0.05) is 5.10 Å². The van der Waals surface area contributed by atoms with Crippen molar-refractivity contribution in [3.8, 4) is 23.1 Å². The number of aromatic hydroxyl groups is 1. The molecule has 0 atom stereocenters. The van der Waals surface area contributed by atoms with Crippen molar-refractivity contribution in [1.82, 2.24) is 29.7 Å². The molecular formula is C16H14N8O4. The maximum atomic E-state index is 12.3. The van der Waals surface area contributed by atoms with E-state index in [-0.39, 0.29) is 41.4 Å². The number of anilines is 2. The van der Waals surface area contributed by atoms with E-state index >= 15 is 0 Å². The number of nitrogens with two attached hydrogens (primary N) is 1. The molecule has 142 valence electrons. The molecule has 0 aliphatic rings. The number of benzene rings is 1. The molecule has 0 radical (unpaired) electrons. The van der Waals surface area contributed by atoms with Gasteiger partial charge < -0.3 is 24.6 Å². The number of ether oxygens (including phenoxy) is 1. The van der Waals surface area contributed by atoms with Crippen molar-refractivity contribution in [3.63, 3.8) is 0 Å². The summed E-state index contributed by atoms with van der Waals surface area (Å²) >= 11 is 0. The monoisotopic (exact) mass is 382 g/mol. The van der Waals surface area contributed by atoms with Crippen LogP contribution in [0.2, 0.25) is 0 Å². The van der Waals surface area contributed by atoms with Crippen LogP contribution in [0.15, 0.2) is 35.0 Å². The highest BCUT2D eigenvalue weighted by Crippen LogP contribution is 2.23. The maximum absolute atomic E-state index is 12.3. The Kier molecular flexibility index (Phi) is 4.20. The number of carbonyl (C=O) groups is 1. The molecule has 12 heteroatoms. The largest absolute Gasteiger partial charge is 0.497 e. The number of nitrogens with zero attached hydrogens (tertiary/aromatic N) is 6. The Bertz CT molecular complexity index is 1150. The minimum Gasteiger partial charge on any atom is -0.497 e. The first-order chi connectivity index (χ1) is 13.5. The Morgan fingerprint density at radius 1 is 1.29 bits per heavy atom. The molecule has 1 amide bonds. The minimum absolute atomic E-state index is 0.0581. The second kappa shape index (κ2) is 6.83. The first-order valence-electron chi connectivity index (χ1n) is 7.98. The molecule has 0 aliphatic heterocycles. The molecule has 3 heterocycles. The van der Waals surface area contributed by atoms with Crippen molar-refractivity contribution < 1.29 is 19.1 Å². The topological polar surface area (TPSA) is 167 Å². The minimum atomic E-state index is -0.457. The van der Waals surface area contributed by atoms with Crippen LogP contribution < -0.4 is 15.8 Å². The molecule has 12 nitrogen and oxygen atoms in total.